The van der Waals surface area contributed by atoms with Crippen LogP contribution in [0.4, 0.5) is 23.9 Å². The van der Waals surface area contributed by atoms with Crippen molar-refractivity contribution in [3.63, 3.8) is 0 Å². The Bertz CT molecular complexity index is 1320. The van der Waals surface area contributed by atoms with Gasteiger partial charge in [-0.15, -0.1) is 0 Å². The minimum Gasteiger partial charge on any atom is -0.444 e. The average Bonchev–Trinajstić information content (AvgIpc) is 2.66. The van der Waals surface area contributed by atoms with Crippen LogP contribution in [-0.2, 0) is 14.9 Å². The lowest BCUT2D eigenvalue weighted by Gasteiger charge is -2.19. The van der Waals surface area contributed by atoms with Crippen molar-refractivity contribution in [1.82, 2.24) is 9.97 Å². The van der Waals surface area contributed by atoms with Gasteiger partial charge in [0, 0.05) is 22.2 Å². The highest BCUT2D eigenvalue weighted by molar-refractivity contribution is 7.88. The number of ether oxygens (including phenoxy) is 1. The molecule has 0 aliphatic carbocycles. The summed E-state index contributed by atoms with van der Waals surface area (Å²) in [7, 11) is -6.02. The standard InChI is InChI=1S/C20H17ClF3N3O5S/c1-19(2,3)31-18(28)27-17-25-10-12-8-11(13-6-4-5-7-14(13)21)9-15(16(12)26-17)32-33(29,30)20(22,23)24/h4-10H,1-3H3,(H,25,26,27,28). The minimum atomic E-state index is -6.02. The number of amides is 1. The van der Waals surface area contributed by atoms with E-state index < -0.39 is 33.1 Å². The van der Waals surface area contributed by atoms with E-state index in [1.807, 2.05) is 0 Å². The minimum absolute atomic E-state index is 0.134. The lowest BCUT2D eigenvalue weighted by molar-refractivity contribution is -0.0499. The number of carbonyl (C=O) groups excluding carboxylic acids is 1. The first-order valence-electron chi connectivity index (χ1n) is 9.23. The highest BCUT2D eigenvalue weighted by atomic mass is 35.5. The Morgan fingerprint density at radius 3 is 2.39 bits per heavy atom. The van der Waals surface area contributed by atoms with Gasteiger partial charge in [0.25, 0.3) is 0 Å². The molecule has 0 spiro atoms. The van der Waals surface area contributed by atoms with Crippen LogP contribution in [0.15, 0.2) is 42.6 Å². The molecule has 3 aromatic rings. The van der Waals surface area contributed by atoms with Crippen molar-refractivity contribution in [3.05, 3.63) is 47.6 Å². The number of nitrogens with zero attached hydrogens (tertiary/aromatic N) is 2. The molecule has 0 saturated carbocycles. The maximum absolute atomic E-state index is 13.0. The van der Waals surface area contributed by atoms with E-state index in [4.69, 9.17) is 16.3 Å². The molecule has 0 radical (unpaired) electrons. The summed E-state index contributed by atoms with van der Waals surface area (Å²) in [5.74, 6) is -1.06. The Labute approximate surface area is 191 Å². The Kier molecular flexibility index (Phi) is 6.44. The van der Waals surface area contributed by atoms with Crippen LogP contribution >= 0.6 is 11.6 Å². The topological polar surface area (TPSA) is 107 Å². The van der Waals surface area contributed by atoms with Crippen molar-refractivity contribution in [2.24, 2.45) is 0 Å². The summed E-state index contributed by atoms with van der Waals surface area (Å²) in [5.41, 5.74) is -6.13. The molecule has 0 atom stereocenters. The number of hydrogen-bond donors (Lipinski definition) is 1. The SMILES string of the molecule is CC(C)(C)OC(=O)Nc1ncc2cc(-c3ccccc3Cl)cc(OS(=O)(=O)C(F)(F)F)c2n1. The molecule has 0 unspecified atom stereocenters. The van der Waals surface area contributed by atoms with Crippen LogP contribution in [0, 0.1) is 0 Å². The molecule has 176 valence electrons. The molecular formula is C20H17ClF3N3O5S. The summed E-state index contributed by atoms with van der Waals surface area (Å²) in [6.07, 6.45) is 0.266. The fourth-order valence-electron chi connectivity index (χ4n) is 2.65. The van der Waals surface area contributed by atoms with Crippen molar-refractivity contribution >= 4 is 44.7 Å². The number of carbonyl (C=O) groups is 1. The van der Waals surface area contributed by atoms with Gasteiger partial charge in [0.05, 0.1) is 0 Å². The average molecular weight is 504 g/mol. The van der Waals surface area contributed by atoms with Gasteiger partial charge >= 0.3 is 21.7 Å². The van der Waals surface area contributed by atoms with Gasteiger partial charge in [0.1, 0.15) is 11.1 Å². The number of halogens is 4. The zero-order chi connectivity index (χ0) is 24.6. The third kappa shape index (κ3) is 5.82. The second-order valence-corrected chi connectivity index (χ2v) is 9.64. The molecule has 2 aromatic carbocycles. The summed E-state index contributed by atoms with van der Waals surface area (Å²) >= 11 is 6.17. The van der Waals surface area contributed by atoms with E-state index in [1.54, 1.807) is 45.0 Å². The molecule has 0 fully saturated rings. The normalized spacial score (nSPS) is 12.5. The van der Waals surface area contributed by atoms with Gasteiger partial charge in [-0.1, -0.05) is 29.8 Å². The molecule has 33 heavy (non-hydrogen) atoms. The van der Waals surface area contributed by atoms with Crippen LogP contribution in [0.3, 0.4) is 0 Å². The monoisotopic (exact) mass is 503 g/mol. The summed E-state index contributed by atoms with van der Waals surface area (Å²) in [4.78, 5) is 19.9. The third-order valence-electron chi connectivity index (χ3n) is 3.93. The van der Waals surface area contributed by atoms with Gasteiger partial charge in [-0.25, -0.2) is 14.8 Å². The van der Waals surface area contributed by atoms with E-state index in [0.29, 0.717) is 5.56 Å². The number of rotatable bonds is 4. The first-order chi connectivity index (χ1) is 15.2. The number of aromatic nitrogens is 2. The number of hydrogen-bond acceptors (Lipinski definition) is 7. The smallest absolute Gasteiger partial charge is 0.444 e. The van der Waals surface area contributed by atoms with Crippen LogP contribution in [0.1, 0.15) is 20.8 Å². The molecule has 13 heteroatoms. The fraction of sp³-hybridized carbons (Fsp3) is 0.250. The lowest BCUT2D eigenvalue weighted by Crippen LogP contribution is -2.28. The van der Waals surface area contributed by atoms with E-state index in [2.05, 4.69) is 19.5 Å². The zero-order valence-electron chi connectivity index (χ0n) is 17.4. The molecule has 8 nitrogen and oxygen atoms in total. The van der Waals surface area contributed by atoms with Crippen LogP contribution in [-0.4, -0.2) is 35.6 Å². The van der Waals surface area contributed by atoms with Crippen molar-refractivity contribution in [2.75, 3.05) is 5.32 Å². The van der Waals surface area contributed by atoms with E-state index in [1.165, 1.54) is 12.3 Å². The van der Waals surface area contributed by atoms with Gasteiger partial charge in [0.15, 0.2) is 5.75 Å². The maximum atomic E-state index is 13.0. The summed E-state index contributed by atoms with van der Waals surface area (Å²) in [6.45, 7) is 4.87. The Morgan fingerprint density at radius 2 is 1.79 bits per heavy atom. The van der Waals surface area contributed by atoms with Gasteiger partial charge in [-0.2, -0.15) is 21.6 Å². The highest BCUT2D eigenvalue weighted by Gasteiger charge is 2.49. The summed E-state index contributed by atoms with van der Waals surface area (Å²) < 4.78 is 71.8. The van der Waals surface area contributed by atoms with Crippen LogP contribution in [0.2, 0.25) is 5.02 Å². The molecule has 1 aromatic heterocycles. The number of alkyl halides is 3. The summed E-state index contributed by atoms with van der Waals surface area (Å²) in [6, 6.07) is 8.97. The van der Waals surface area contributed by atoms with E-state index >= 15 is 0 Å². The number of nitrogens with one attached hydrogen (secondary N) is 1. The second kappa shape index (κ2) is 8.67. The van der Waals surface area contributed by atoms with Crippen molar-refractivity contribution < 1.29 is 35.3 Å². The van der Waals surface area contributed by atoms with Crippen LogP contribution in [0.5, 0.6) is 5.75 Å². The van der Waals surface area contributed by atoms with E-state index in [9.17, 15) is 26.4 Å². The predicted molar refractivity (Wildman–Crippen MR) is 115 cm³/mol. The number of fused-ring (bicyclic) bond motifs is 1. The third-order valence-corrected chi connectivity index (χ3v) is 5.22. The van der Waals surface area contributed by atoms with Gasteiger partial charge in [-0.05, 0) is 44.5 Å². The molecule has 0 aliphatic rings. The van der Waals surface area contributed by atoms with Crippen molar-refractivity contribution in [1.29, 1.82) is 0 Å². The van der Waals surface area contributed by atoms with Gasteiger partial charge < -0.3 is 8.92 Å². The molecule has 1 amide bonds. The Hall–Kier alpha value is -3.12. The first kappa shape index (κ1) is 24.5. The molecule has 0 bridgehead atoms. The number of anilines is 1. The van der Waals surface area contributed by atoms with Gasteiger partial charge in [0.2, 0.25) is 5.95 Å². The quantitative estimate of drug-likeness (QED) is 0.368. The second-order valence-electron chi connectivity index (χ2n) is 7.70. The van der Waals surface area contributed by atoms with E-state index in [-0.39, 0.29) is 27.4 Å². The van der Waals surface area contributed by atoms with Crippen LogP contribution in [0.25, 0.3) is 22.0 Å². The van der Waals surface area contributed by atoms with Crippen LogP contribution < -0.4 is 9.50 Å². The molecule has 0 saturated heterocycles. The van der Waals surface area contributed by atoms with Crippen molar-refractivity contribution in [2.45, 2.75) is 31.9 Å². The molecule has 3 rings (SSSR count). The van der Waals surface area contributed by atoms with Gasteiger partial charge in [-0.3, -0.25) is 5.32 Å². The molecule has 1 heterocycles. The molecular weight excluding hydrogens is 487 g/mol. The van der Waals surface area contributed by atoms with E-state index in [0.717, 1.165) is 6.07 Å². The maximum Gasteiger partial charge on any atom is 0.534 e. The molecule has 1 N–H and O–H groups in total. The fourth-order valence-corrected chi connectivity index (χ4v) is 3.35. The first-order valence-corrected chi connectivity index (χ1v) is 11.0. The summed E-state index contributed by atoms with van der Waals surface area (Å²) in [5, 5.41) is 2.64. The molecule has 0 aliphatic heterocycles. The zero-order valence-corrected chi connectivity index (χ0v) is 19.0. The predicted octanol–water partition coefficient (Wildman–Crippen LogP) is 5.53. The Balaban J connectivity index is 2.14. The van der Waals surface area contributed by atoms with Crippen molar-refractivity contribution in [3.8, 4) is 16.9 Å². The Morgan fingerprint density at radius 1 is 1.12 bits per heavy atom. The number of benzene rings is 2. The highest BCUT2D eigenvalue weighted by Crippen LogP contribution is 2.37. The largest absolute Gasteiger partial charge is 0.534 e. The lowest BCUT2D eigenvalue weighted by atomic mass is 10.0.